The lowest BCUT2D eigenvalue weighted by atomic mass is 10.0. The minimum Gasteiger partial charge on any atom is -0.355 e. The summed E-state index contributed by atoms with van der Waals surface area (Å²) in [5.41, 5.74) is 0.827. The molecule has 1 unspecified atom stereocenters. The van der Waals surface area contributed by atoms with Gasteiger partial charge in [-0.1, -0.05) is 26.0 Å². The molecule has 0 bridgehead atoms. The highest BCUT2D eigenvalue weighted by Gasteiger charge is 2.25. The summed E-state index contributed by atoms with van der Waals surface area (Å²) in [5, 5.41) is 7.79. The molecule has 0 spiro atoms. The van der Waals surface area contributed by atoms with Gasteiger partial charge in [0.1, 0.15) is 11.9 Å². The monoisotopic (exact) mass is 371 g/mol. The summed E-state index contributed by atoms with van der Waals surface area (Å²) in [6, 6.07) is 11.1. The van der Waals surface area contributed by atoms with E-state index >= 15 is 0 Å². The minimum atomic E-state index is -0.851. The minimum absolute atomic E-state index is 0.120. The molecule has 0 fully saturated rings. The fraction of sp³-hybridized carbons (Fsp3) is 0.250. The van der Waals surface area contributed by atoms with E-state index in [1.807, 2.05) is 0 Å². The Labute approximate surface area is 157 Å². The van der Waals surface area contributed by atoms with E-state index in [4.69, 9.17) is 0 Å². The van der Waals surface area contributed by atoms with Crippen LogP contribution in [0.5, 0.6) is 0 Å². The number of rotatable bonds is 6. The van der Waals surface area contributed by atoms with Crippen LogP contribution in [0.3, 0.4) is 0 Å². The zero-order chi connectivity index (χ0) is 20.0. The number of hydrogen-bond acceptors (Lipinski definition) is 3. The summed E-state index contributed by atoms with van der Waals surface area (Å²) in [7, 11) is 1.53. The van der Waals surface area contributed by atoms with Crippen LogP contribution in [0, 0.1) is 11.7 Å². The van der Waals surface area contributed by atoms with Gasteiger partial charge < -0.3 is 16.0 Å². The molecule has 2 aromatic carbocycles. The molecule has 1 atom stereocenters. The van der Waals surface area contributed by atoms with Crippen molar-refractivity contribution in [2.75, 3.05) is 12.4 Å². The number of anilines is 1. The van der Waals surface area contributed by atoms with E-state index in [9.17, 15) is 18.8 Å². The predicted octanol–water partition coefficient (Wildman–Crippen LogP) is 2.58. The first-order chi connectivity index (χ1) is 12.8. The van der Waals surface area contributed by atoms with Crippen LogP contribution in [0.15, 0.2) is 48.5 Å². The molecule has 0 radical (unpaired) electrons. The summed E-state index contributed by atoms with van der Waals surface area (Å²) in [6.45, 7) is 3.56. The molecule has 6 nitrogen and oxygen atoms in total. The molecule has 0 saturated heterocycles. The van der Waals surface area contributed by atoms with Crippen LogP contribution in [0.1, 0.15) is 34.6 Å². The molecule has 3 amide bonds. The van der Waals surface area contributed by atoms with Gasteiger partial charge >= 0.3 is 0 Å². The van der Waals surface area contributed by atoms with Crippen molar-refractivity contribution >= 4 is 23.4 Å². The van der Waals surface area contributed by atoms with Crippen molar-refractivity contribution < 1.29 is 18.8 Å². The molecule has 7 heteroatoms. The van der Waals surface area contributed by atoms with Gasteiger partial charge in [-0.15, -0.1) is 0 Å². The van der Waals surface area contributed by atoms with Gasteiger partial charge in [0, 0.05) is 18.3 Å². The van der Waals surface area contributed by atoms with E-state index in [2.05, 4.69) is 16.0 Å². The highest BCUT2D eigenvalue weighted by Crippen LogP contribution is 2.13. The third kappa shape index (κ3) is 5.13. The Kier molecular flexibility index (Phi) is 6.65. The summed E-state index contributed by atoms with van der Waals surface area (Å²) < 4.78 is 13.8. The highest BCUT2D eigenvalue weighted by atomic mass is 19.1. The molecule has 0 saturated carbocycles. The Morgan fingerprint density at radius 3 is 2.11 bits per heavy atom. The molecule has 0 aromatic heterocycles. The lowest BCUT2D eigenvalue weighted by Gasteiger charge is -2.22. The van der Waals surface area contributed by atoms with Crippen LogP contribution in [-0.4, -0.2) is 30.8 Å². The number of carbonyl (C=O) groups excluding carboxylic acids is 3. The average Bonchev–Trinajstić information content (AvgIpc) is 2.65. The molecular formula is C20H22FN3O3. The Hall–Kier alpha value is -3.22. The largest absolute Gasteiger partial charge is 0.355 e. The number of carbonyl (C=O) groups is 3. The first kappa shape index (κ1) is 20.1. The van der Waals surface area contributed by atoms with Crippen molar-refractivity contribution in [3.8, 4) is 0 Å². The molecular weight excluding hydrogens is 349 g/mol. The van der Waals surface area contributed by atoms with E-state index in [0.29, 0.717) is 11.3 Å². The number of hydrogen-bond donors (Lipinski definition) is 3. The molecule has 27 heavy (non-hydrogen) atoms. The molecule has 2 rings (SSSR count). The number of benzene rings is 2. The van der Waals surface area contributed by atoms with Crippen molar-refractivity contribution in [3.05, 3.63) is 65.5 Å². The van der Waals surface area contributed by atoms with Crippen LogP contribution < -0.4 is 16.0 Å². The zero-order valence-corrected chi connectivity index (χ0v) is 15.4. The number of nitrogens with one attached hydrogen (secondary N) is 3. The van der Waals surface area contributed by atoms with Crippen molar-refractivity contribution in [2.24, 2.45) is 5.92 Å². The second-order valence-corrected chi connectivity index (χ2v) is 6.32. The number of amides is 3. The maximum Gasteiger partial charge on any atom is 0.254 e. The first-order valence-electron chi connectivity index (χ1n) is 8.52. The van der Waals surface area contributed by atoms with E-state index in [0.717, 1.165) is 0 Å². The molecule has 0 aliphatic heterocycles. The Balaban J connectivity index is 2.10. The molecule has 0 heterocycles. The third-order valence-electron chi connectivity index (χ3n) is 4.00. The van der Waals surface area contributed by atoms with Gasteiger partial charge in [0.25, 0.3) is 11.8 Å². The van der Waals surface area contributed by atoms with Gasteiger partial charge in [-0.05, 0) is 42.3 Å². The van der Waals surface area contributed by atoms with Crippen LogP contribution >= 0.6 is 0 Å². The molecule has 0 aliphatic carbocycles. The van der Waals surface area contributed by atoms with Crippen molar-refractivity contribution in [1.29, 1.82) is 0 Å². The van der Waals surface area contributed by atoms with Crippen LogP contribution in [-0.2, 0) is 4.79 Å². The highest BCUT2D eigenvalue weighted by molar-refractivity contribution is 6.01. The van der Waals surface area contributed by atoms with E-state index in [1.165, 1.54) is 25.2 Å². The van der Waals surface area contributed by atoms with Crippen LogP contribution in [0.2, 0.25) is 0 Å². The molecule has 0 aliphatic rings. The van der Waals surface area contributed by atoms with Crippen LogP contribution in [0.4, 0.5) is 10.1 Å². The van der Waals surface area contributed by atoms with Gasteiger partial charge in [-0.3, -0.25) is 14.4 Å². The average molecular weight is 371 g/mol. The predicted molar refractivity (Wildman–Crippen MR) is 101 cm³/mol. The van der Waals surface area contributed by atoms with Crippen molar-refractivity contribution in [3.63, 3.8) is 0 Å². The summed E-state index contributed by atoms with van der Waals surface area (Å²) in [4.78, 5) is 36.4. The second kappa shape index (κ2) is 8.93. The number of halogens is 1. The van der Waals surface area contributed by atoms with E-state index in [-0.39, 0.29) is 17.4 Å². The first-order valence-corrected chi connectivity index (χ1v) is 8.52. The maximum absolute atomic E-state index is 13.8. The van der Waals surface area contributed by atoms with E-state index in [1.54, 1.807) is 44.2 Å². The standard InChI is InChI=1S/C20H22FN3O3/c1-12(2)17(24-19(26)15-6-4-5-7-16(15)21)20(27)23-14-10-8-13(9-11-14)18(25)22-3/h4-12,17H,1-3H3,(H,22,25)(H,23,27)(H,24,26). The Morgan fingerprint density at radius 2 is 1.56 bits per heavy atom. The normalized spacial score (nSPS) is 11.6. The molecule has 3 N–H and O–H groups in total. The molecule has 142 valence electrons. The van der Waals surface area contributed by atoms with Gasteiger partial charge in [0.05, 0.1) is 5.56 Å². The Bertz CT molecular complexity index is 835. The maximum atomic E-state index is 13.8. The summed E-state index contributed by atoms with van der Waals surface area (Å²) >= 11 is 0. The summed E-state index contributed by atoms with van der Waals surface area (Å²) in [6.07, 6.45) is 0. The fourth-order valence-corrected chi connectivity index (χ4v) is 2.47. The van der Waals surface area contributed by atoms with Crippen molar-refractivity contribution in [1.82, 2.24) is 10.6 Å². The topological polar surface area (TPSA) is 87.3 Å². The fourth-order valence-electron chi connectivity index (χ4n) is 2.47. The van der Waals surface area contributed by atoms with Gasteiger partial charge in [-0.2, -0.15) is 0 Å². The van der Waals surface area contributed by atoms with Crippen molar-refractivity contribution in [2.45, 2.75) is 19.9 Å². The zero-order valence-electron chi connectivity index (χ0n) is 15.4. The Morgan fingerprint density at radius 1 is 0.926 bits per heavy atom. The SMILES string of the molecule is CNC(=O)c1ccc(NC(=O)C(NC(=O)c2ccccc2F)C(C)C)cc1. The lowest BCUT2D eigenvalue weighted by Crippen LogP contribution is -2.47. The van der Waals surface area contributed by atoms with Crippen LogP contribution in [0.25, 0.3) is 0 Å². The lowest BCUT2D eigenvalue weighted by molar-refractivity contribution is -0.118. The van der Waals surface area contributed by atoms with E-state index < -0.39 is 23.7 Å². The van der Waals surface area contributed by atoms with Gasteiger partial charge in [0.15, 0.2) is 0 Å². The third-order valence-corrected chi connectivity index (χ3v) is 4.00. The van der Waals surface area contributed by atoms with Gasteiger partial charge in [0.2, 0.25) is 5.91 Å². The summed E-state index contributed by atoms with van der Waals surface area (Å²) in [5.74, 6) is -2.18. The second-order valence-electron chi connectivity index (χ2n) is 6.32. The van der Waals surface area contributed by atoms with Gasteiger partial charge in [-0.25, -0.2) is 4.39 Å². The quantitative estimate of drug-likeness (QED) is 0.729. The molecule has 2 aromatic rings. The smallest absolute Gasteiger partial charge is 0.254 e.